The van der Waals surface area contributed by atoms with Gasteiger partial charge in [-0.1, -0.05) is 18.0 Å². The van der Waals surface area contributed by atoms with Gasteiger partial charge in [-0.05, 0) is 25.7 Å². The summed E-state index contributed by atoms with van der Waals surface area (Å²) in [5.41, 5.74) is 0. The summed E-state index contributed by atoms with van der Waals surface area (Å²) in [7, 11) is 0. The molecule has 0 bridgehead atoms. The molecule has 1 rings (SSSR count). The maximum absolute atomic E-state index is 13.2. The molecule has 0 radical (unpaired) electrons. The Morgan fingerprint density at radius 2 is 1.79 bits per heavy atom. The van der Waals surface area contributed by atoms with Crippen molar-refractivity contribution in [3.63, 3.8) is 0 Å². The van der Waals surface area contributed by atoms with Crippen LogP contribution in [-0.4, -0.2) is 17.6 Å². The van der Waals surface area contributed by atoms with Crippen LogP contribution in [0.25, 0.3) is 0 Å². The van der Waals surface area contributed by atoms with Crippen LogP contribution < -0.4 is 0 Å². The van der Waals surface area contributed by atoms with Crippen molar-refractivity contribution >= 4 is 11.6 Å². The molecule has 2 atom stereocenters. The van der Waals surface area contributed by atoms with E-state index in [1.807, 2.05) is 0 Å². The van der Waals surface area contributed by atoms with Crippen molar-refractivity contribution in [3.05, 3.63) is 0 Å². The van der Waals surface area contributed by atoms with Gasteiger partial charge in [0.25, 0.3) is 0 Å². The molecule has 1 saturated carbocycles. The van der Waals surface area contributed by atoms with Crippen molar-refractivity contribution in [2.24, 2.45) is 5.92 Å². The molecule has 0 heterocycles. The first-order chi connectivity index (χ1) is 6.20. The third-order valence-corrected chi connectivity index (χ3v) is 2.55. The molecule has 84 valence electrons. The van der Waals surface area contributed by atoms with Crippen LogP contribution in [0.4, 0.5) is 17.6 Å². The van der Waals surface area contributed by atoms with E-state index in [-0.39, 0.29) is 0 Å². The molecule has 0 N–H and O–H groups in total. The lowest BCUT2D eigenvalue weighted by Crippen LogP contribution is -2.44. The lowest BCUT2D eigenvalue weighted by Gasteiger charge is -2.37. The zero-order valence-corrected chi connectivity index (χ0v) is 8.33. The molecule has 0 spiro atoms. The van der Waals surface area contributed by atoms with Gasteiger partial charge in [-0.3, -0.25) is 4.74 Å². The van der Waals surface area contributed by atoms with E-state index in [1.54, 1.807) is 0 Å². The van der Waals surface area contributed by atoms with Crippen LogP contribution in [0.3, 0.4) is 0 Å². The molecule has 1 nitrogen and oxygen atoms in total. The topological polar surface area (TPSA) is 9.23 Å². The summed E-state index contributed by atoms with van der Waals surface area (Å²) >= 11 is 5.22. The number of ether oxygens (including phenoxy) is 1. The van der Waals surface area contributed by atoms with Crippen LogP contribution in [0, 0.1) is 5.92 Å². The molecule has 0 aromatic heterocycles. The molecule has 2 unspecified atom stereocenters. The average Bonchev–Trinajstić information content (AvgIpc) is 1.76. The number of alkyl halides is 5. The fraction of sp³-hybridized carbons (Fsp3) is 1.00. The SMILES string of the molecule is CC(F)(Cl)C(OC(F)(F)F)C1CCC1. The molecule has 1 aliphatic rings. The van der Waals surface area contributed by atoms with E-state index in [4.69, 9.17) is 11.6 Å². The first-order valence-corrected chi connectivity index (χ1v) is 4.70. The number of rotatable bonds is 3. The van der Waals surface area contributed by atoms with Crippen LogP contribution in [0.1, 0.15) is 26.2 Å². The van der Waals surface area contributed by atoms with Gasteiger partial charge in [0.05, 0.1) is 0 Å². The monoisotopic (exact) mass is 234 g/mol. The Kier molecular flexibility index (Phi) is 3.31. The van der Waals surface area contributed by atoms with E-state index >= 15 is 0 Å². The normalized spacial score (nSPS) is 25.3. The first-order valence-electron chi connectivity index (χ1n) is 4.32. The molecule has 0 amide bonds. The predicted octanol–water partition coefficient (Wildman–Crippen LogP) is 3.62. The van der Waals surface area contributed by atoms with Crippen LogP contribution in [0.2, 0.25) is 0 Å². The fourth-order valence-corrected chi connectivity index (χ4v) is 1.72. The maximum atomic E-state index is 13.2. The van der Waals surface area contributed by atoms with Crippen LogP contribution in [0.5, 0.6) is 0 Å². The van der Waals surface area contributed by atoms with Gasteiger partial charge >= 0.3 is 6.36 Å². The summed E-state index contributed by atoms with van der Waals surface area (Å²) in [4.78, 5) is 0. The standard InChI is InChI=1S/C8H11ClF4O/c1-7(9,10)6(5-3-2-4-5)14-8(11,12)13/h5-6H,2-4H2,1H3. The molecular formula is C8H11ClF4O. The van der Waals surface area contributed by atoms with Gasteiger partial charge in [-0.15, -0.1) is 13.2 Å². The molecular weight excluding hydrogens is 224 g/mol. The maximum Gasteiger partial charge on any atom is 0.522 e. The average molecular weight is 235 g/mol. The molecule has 0 aliphatic heterocycles. The Hall–Kier alpha value is -0.0300. The van der Waals surface area contributed by atoms with Crippen molar-refractivity contribution in [1.29, 1.82) is 0 Å². The van der Waals surface area contributed by atoms with Crippen molar-refractivity contribution in [3.8, 4) is 0 Å². The minimum atomic E-state index is -4.83. The smallest absolute Gasteiger partial charge is 0.284 e. The molecule has 0 aromatic carbocycles. The van der Waals surface area contributed by atoms with Crippen molar-refractivity contribution < 1.29 is 22.3 Å². The van der Waals surface area contributed by atoms with E-state index in [0.29, 0.717) is 12.8 Å². The Balaban J connectivity index is 2.62. The summed E-state index contributed by atoms with van der Waals surface area (Å²) in [5, 5.41) is -2.47. The van der Waals surface area contributed by atoms with Gasteiger partial charge in [0, 0.05) is 0 Å². The van der Waals surface area contributed by atoms with E-state index in [9.17, 15) is 17.6 Å². The second-order valence-electron chi connectivity index (χ2n) is 3.63. The highest BCUT2D eigenvalue weighted by molar-refractivity contribution is 6.23. The van der Waals surface area contributed by atoms with Crippen LogP contribution in [-0.2, 0) is 4.74 Å². The number of hydrogen-bond donors (Lipinski definition) is 0. The van der Waals surface area contributed by atoms with Crippen molar-refractivity contribution in [2.75, 3.05) is 0 Å². The van der Waals surface area contributed by atoms with E-state index < -0.39 is 23.5 Å². The van der Waals surface area contributed by atoms with Gasteiger partial charge in [-0.25, -0.2) is 4.39 Å². The zero-order chi connectivity index (χ0) is 11.0. The Bertz CT molecular complexity index is 194. The highest BCUT2D eigenvalue weighted by Gasteiger charge is 2.47. The first kappa shape index (κ1) is 12.0. The van der Waals surface area contributed by atoms with Gasteiger partial charge < -0.3 is 0 Å². The molecule has 1 aliphatic carbocycles. The fourth-order valence-electron chi connectivity index (χ4n) is 1.50. The van der Waals surface area contributed by atoms with Crippen LogP contribution in [0.15, 0.2) is 0 Å². The minimum Gasteiger partial charge on any atom is -0.284 e. The van der Waals surface area contributed by atoms with Gasteiger partial charge in [-0.2, -0.15) is 0 Å². The number of hydrogen-bond acceptors (Lipinski definition) is 1. The summed E-state index contributed by atoms with van der Waals surface area (Å²) in [5.74, 6) is -0.427. The Morgan fingerprint density at radius 3 is 2.00 bits per heavy atom. The van der Waals surface area contributed by atoms with Crippen molar-refractivity contribution in [2.45, 2.75) is 43.8 Å². The molecule has 14 heavy (non-hydrogen) atoms. The highest BCUT2D eigenvalue weighted by Crippen LogP contribution is 2.41. The largest absolute Gasteiger partial charge is 0.522 e. The van der Waals surface area contributed by atoms with Crippen LogP contribution >= 0.6 is 11.6 Å². The quantitative estimate of drug-likeness (QED) is 0.535. The summed E-state index contributed by atoms with van der Waals surface area (Å²) < 4.78 is 52.6. The lowest BCUT2D eigenvalue weighted by atomic mass is 9.79. The van der Waals surface area contributed by atoms with Gasteiger partial charge in [0.15, 0.2) is 0 Å². The molecule has 0 aromatic rings. The Labute approximate surface area is 84.4 Å². The third kappa shape index (κ3) is 3.28. The highest BCUT2D eigenvalue weighted by atomic mass is 35.5. The predicted molar refractivity (Wildman–Crippen MR) is 43.6 cm³/mol. The number of halogens is 5. The molecule has 1 fully saturated rings. The van der Waals surface area contributed by atoms with E-state index in [0.717, 1.165) is 13.3 Å². The van der Waals surface area contributed by atoms with Gasteiger partial charge in [0.2, 0.25) is 5.13 Å². The van der Waals surface area contributed by atoms with Gasteiger partial charge in [0.1, 0.15) is 6.10 Å². The minimum absolute atomic E-state index is 0.427. The second kappa shape index (κ2) is 3.85. The van der Waals surface area contributed by atoms with E-state index in [2.05, 4.69) is 4.74 Å². The Morgan fingerprint density at radius 1 is 1.29 bits per heavy atom. The third-order valence-electron chi connectivity index (χ3n) is 2.34. The zero-order valence-electron chi connectivity index (χ0n) is 7.57. The summed E-state index contributed by atoms with van der Waals surface area (Å²) in [6.07, 6.45) is -4.56. The van der Waals surface area contributed by atoms with Crippen molar-refractivity contribution in [1.82, 2.24) is 0 Å². The lowest BCUT2D eigenvalue weighted by molar-refractivity contribution is -0.359. The van der Waals surface area contributed by atoms with E-state index in [1.165, 1.54) is 0 Å². The second-order valence-corrected chi connectivity index (χ2v) is 4.37. The molecule has 6 heteroatoms. The summed E-state index contributed by atoms with van der Waals surface area (Å²) in [6.45, 7) is 0.892. The summed E-state index contributed by atoms with van der Waals surface area (Å²) in [6, 6.07) is 0. The molecule has 0 saturated heterocycles.